The van der Waals surface area contributed by atoms with E-state index in [1.165, 1.54) is 0 Å². The number of para-hydroxylation sites is 1. The molecule has 0 unspecified atom stereocenters. The van der Waals surface area contributed by atoms with E-state index in [9.17, 15) is 13.2 Å². The molecule has 0 saturated carbocycles. The van der Waals surface area contributed by atoms with Crippen LogP contribution in [0.1, 0.15) is 0 Å². The number of hydrogen-bond donors (Lipinski definition) is 2. The molecule has 0 aliphatic rings. The molecule has 27 heavy (non-hydrogen) atoms. The summed E-state index contributed by atoms with van der Waals surface area (Å²) >= 11 is 0. The first-order valence-corrected chi connectivity index (χ1v) is 7.69. The van der Waals surface area contributed by atoms with E-state index in [0.717, 1.165) is 27.8 Å². The van der Waals surface area contributed by atoms with Gasteiger partial charge in [0.05, 0.1) is 11.9 Å². The Morgan fingerprint density at radius 3 is 2.48 bits per heavy atom. The molecular formula is C18H13F3N4O2. The lowest BCUT2D eigenvalue weighted by Gasteiger charge is -2.00. The fourth-order valence-electron chi connectivity index (χ4n) is 2.40. The van der Waals surface area contributed by atoms with E-state index in [0.29, 0.717) is 0 Å². The highest BCUT2D eigenvalue weighted by molar-refractivity contribution is 5.92. The Labute approximate surface area is 150 Å². The molecule has 0 aliphatic heterocycles. The molecule has 3 aromatic heterocycles. The Balaban J connectivity index is 0.000000260. The topological polar surface area (TPSA) is 83.8 Å². The second-order valence-electron chi connectivity index (χ2n) is 5.41. The summed E-state index contributed by atoms with van der Waals surface area (Å²) in [5, 5.41) is 12.7. The predicted molar refractivity (Wildman–Crippen MR) is 92.3 cm³/mol. The van der Waals surface area contributed by atoms with Crippen molar-refractivity contribution in [2.24, 2.45) is 0 Å². The lowest BCUT2D eigenvalue weighted by atomic mass is 10.1. The van der Waals surface area contributed by atoms with Gasteiger partial charge in [0.2, 0.25) is 0 Å². The van der Waals surface area contributed by atoms with Gasteiger partial charge in [-0.15, -0.1) is 0 Å². The normalized spacial score (nSPS) is 11.1. The lowest BCUT2D eigenvalue weighted by Crippen LogP contribution is -2.21. The molecule has 0 radical (unpaired) electrons. The van der Waals surface area contributed by atoms with E-state index < -0.39 is 12.1 Å². The highest BCUT2D eigenvalue weighted by Gasteiger charge is 2.38. The number of fused-ring (bicyclic) bond motifs is 1. The number of rotatable bonds is 2. The third-order valence-corrected chi connectivity index (χ3v) is 3.62. The van der Waals surface area contributed by atoms with Gasteiger partial charge in [-0.3, -0.25) is 0 Å². The summed E-state index contributed by atoms with van der Waals surface area (Å²) in [4.78, 5) is 16.3. The van der Waals surface area contributed by atoms with Crippen molar-refractivity contribution in [3.63, 3.8) is 0 Å². The van der Waals surface area contributed by atoms with Crippen molar-refractivity contribution in [3.8, 4) is 16.8 Å². The van der Waals surface area contributed by atoms with E-state index in [1.807, 2.05) is 71.9 Å². The number of aromatic nitrogens is 4. The molecule has 0 bridgehead atoms. The van der Waals surface area contributed by atoms with Gasteiger partial charge in [0.1, 0.15) is 5.65 Å². The maximum atomic E-state index is 10.6. The number of pyridine rings is 1. The van der Waals surface area contributed by atoms with Gasteiger partial charge in [-0.05, 0) is 29.8 Å². The molecular weight excluding hydrogens is 361 g/mol. The summed E-state index contributed by atoms with van der Waals surface area (Å²) in [7, 11) is 0. The summed E-state index contributed by atoms with van der Waals surface area (Å²) in [5.74, 6) is -2.76. The largest absolute Gasteiger partial charge is 0.490 e. The van der Waals surface area contributed by atoms with Crippen LogP contribution in [0.5, 0.6) is 0 Å². The van der Waals surface area contributed by atoms with Gasteiger partial charge >= 0.3 is 12.1 Å². The number of hydrogen-bond acceptors (Lipinski definition) is 3. The Morgan fingerprint density at radius 2 is 1.81 bits per heavy atom. The van der Waals surface area contributed by atoms with Crippen LogP contribution in [0.3, 0.4) is 0 Å². The van der Waals surface area contributed by atoms with Gasteiger partial charge in [0, 0.05) is 29.5 Å². The molecule has 2 N–H and O–H groups in total. The monoisotopic (exact) mass is 374 g/mol. The smallest absolute Gasteiger partial charge is 0.475 e. The summed E-state index contributed by atoms with van der Waals surface area (Å²) in [6.07, 6.45) is 2.56. The SMILES string of the molecule is O=C(O)C(F)(F)F.c1ccc(-n2cc(-c3ccnc4[nH]ccc34)cn2)cc1. The average molecular weight is 374 g/mol. The van der Waals surface area contributed by atoms with E-state index in [-0.39, 0.29) is 0 Å². The summed E-state index contributed by atoms with van der Waals surface area (Å²) < 4.78 is 33.6. The van der Waals surface area contributed by atoms with Crippen LogP contribution in [-0.2, 0) is 4.79 Å². The molecule has 9 heteroatoms. The van der Waals surface area contributed by atoms with Crippen LogP contribution in [0.25, 0.3) is 27.8 Å². The third-order valence-electron chi connectivity index (χ3n) is 3.62. The van der Waals surface area contributed by atoms with Crippen molar-refractivity contribution in [1.82, 2.24) is 19.7 Å². The van der Waals surface area contributed by atoms with Gasteiger partial charge < -0.3 is 10.1 Å². The molecule has 0 aliphatic carbocycles. The van der Waals surface area contributed by atoms with E-state index in [2.05, 4.69) is 15.1 Å². The number of carboxylic acid groups (broad SMARTS) is 1. The van der Waals surface area contributed by atoms with Gasteiger partial charge in [-0.25, -0.2) is 14.5 Å². The van der Waals surface area contributed by atoms with Crippen molar-refractivity contribution < 1.29 is 23.1 Å². The van der Waals surface area contributed by atoms with Crippen LogP contribution in [-0.4, -0.2) is 37.0 Å². The highest BCUT2D eigenvalue weighted by atomic mass is 19.4. The van der Waals surface area contributed by atoms with Crippen molar-refractivity contribution in [1.29, 1.82) is 0 Å². The number of nitrogens with one attached hydrogen (secondary N) is 1. The molecule has 0 spiro atoms. The van der Waals surface area contributed by atoms with E-state index in [4.69, 9.17) is 9.90 Å². The van der Waals surface area contributed by atoms with Crippen LogP contribution >= 0.6 is 0 Å². The molecule has 0 saturated heterocycles. The molecule has 3 heterocycles. The Morgan fingerprint density at radius 1 is 1.11 bits per heavy atom. The van der Waals surface area contributed by atoms with Gasteiger partial charge in [0.15, 0.2) is 0 Å². The Kier molecular flexibility index (Phi) is 4.93. The second-order valence-corrected chi connectivity index (χ2v) is 5.41. The number of alkyl halides is 3. The minimum Gasteiger partial charge on any atom is -0.475 e. The van der Waals surface area contributed by atoms with Crippen molar-refractivity contribution in [3.05, 3.63) is 67.3 Å². The van der Waals surface area contributed by atoms with Crippen LogP contribution in [0.4, 0.5) is 13.2 Å². The maximum Gasteiger partial charge on any atom is 0.490 e. The number of benzene rings is 1. The van der Waals surface area contributed by atoms with Crippen molar-refractivity contribution in [2.45, 2.75) is 6.18 Å². The Bertz CT molecular complexity index is 1060. The highest BCUT2D eigenvalue weighted by Crippen LogP contribution is 2.27. The van der Waals surface area contributed by atoms with Crippen molar-refractivity contribution >= 4 is 17.0 Å². The fourth-order valence-corrected chi connectivity index (χ4v) is 2.40. The second kappa shape index (κ2) is 7.32. The number of aliphatic carboxylic acids is 1. The number of H-pyrrole nitrogens is 1. The first-order valence-electron chi connectivity index (χ1n) is 7.69. The molecule has 138 valence electrons. The molecule has 1 aromatic carbocycles. The number of aromatic amines is 1. The first-order chi connectivity index (χ1) is 12.9. The fraction of sp³-hybridized carbons (Fsp3) is 0.0556. The van der Waals surface area contributed by atoms with Gasteiger partial charge in [0.25, 0.3) is 0 Å². The maximum absolute atomic E-state index is 10.6. The molecule has 0 amide bonds. The predicted octanol–water partition coefficient (Wildman–Crippen LogP) is 4.05. The molecule has 0 atom stereocenters. The van der Waals surface area contributed by atoms with Crippen LogP contribution < -0.4 is 0 Å². The Hall–Kier alpha value is -3.62. The zero-order valence-electron chi connectivity index (χ0n) is 13.7. The number of halogens is 3. The minimum atomic E-state index is -5.08. The summed E-state index contributed by atoms with van der Waals surface area (Å²) in [5.41, 5.74) is 4.17. The molecule has 4 rings (SSSR count). The van der Waals surface area contributed by atoms with Crippen LogP contribution in [0.2, 0.25) is 0 Å². The standard InChI is InChI=1S/C16H12N4.C2HF3O2/c1-2-4-13(5-3-1)20-11-12(10-19-20)14-6-8-17-16-15(14)7-9-18-16;3-2(4,5)1(6)7/h1-11H,(H,17,18);(H,6,7). The van der Waals surface area contributed by atoms with Crippen LogP contribution in [0.15, 0.2) is 67.3 Å². The van der Waals surface area contributed by atoms with Gasteiger partial charge in [-0.2, -0.15) is 18.3 Å². The summed E-state index contributed by atoms with van der Waals surface area (Å²) in [6.45, 7) is 0. The quantitative estimate of drug-likeness (QED) is 0.554. The minimum absolute atomic E-state index is 0.898. The lowest BCUT2D eigenvalue weighted by molar-refractivity contribution is -0.192. The van der Waals surface area contributed by atoms with E-state index in [1.54, 1.807) is 0 Å². The molecule has 4 aromatic rings. The van der Waals surface area contributed by atoms with Crippen molar-refractivity contribution in [2.75, 3.05) is 0 Å². The van der Waals surface area contributed by atoms with E-state index >= 15 is 0 Å². The summed E-state index contributed by atoms with van der Waals surface area (Å²) in [6, 6.07) is 14.1. The molecule has 6 nitrogen and oxygen atoms in total. The van der Waals surface area contributed by atoms with Crippen LogP contribution in [0, 0.1) is 0 Å². The first kappa shape index (κ1) is 18.2. The van der Waals surface area contributed by atoms with Gasteiger partial charge in [-0.1, -0.05) is 18.2 Å². The zero-order valence-corrected chi connectivity index (χ0v) is 13.7. The number of carboxylic acids is 1. The molecule has 0 fully saturated rings. The average Bonchev–Trinajstić information content (AvgIpc) is 3.31. The number of nitrogens with zero attached hydrogens (tertiary/aromatic N) is 3. The third kappa shape index (κ3) is 4.14. The zero-order chi connectivity index (χ0) is 19.4. The number of carbonyl (C=O) groups is 1.